The second kappa shape index (κ2) is 5.87. The molecule has 0 atom stereocenters. The van der Waals surface area contributed by atoms with Crippen molar-refractivity contribution in [2.75, 3.05) is 5.32 Å². The summed E-state index contributed by atoms with van der Waals surface area (Å²) >= 11 is 0. The Balaban J connectivity index is 2.39. The van der Waals surface area contributed by atoms with Crippen LogP contribution < -0.4 is 5.32 Å². The van der Waals surface area contributed by atoms with Crippen molar-refractivity contribution in [2.24, 2.45) is 0 Å². The molecule has 0 aromatic heterocycles. The highest BCUT2D eigenvalue weighted by molar-refractivity contribution is 5.94. The van der Waals surface area contributed by atoms with Crippen molar-refractivity contribution in [1.29, 1.82) is 0 Å². The van der Waals surface area contributed by atoms with Crippen LogP contribution in [0.3, 0.4) is 0 Å². The molecule has 0 fully saturated rings. The molecule has 0 amide bonds. The van der Waals surface area contributed by atoms with Crippen molar-refractivity contribution in [1.82, 2.24) is 0 Å². The van der Waals surface area contributed by atoms with Crippen molar-refractivity contribution in [2.45, 2.75) is 6.92 Å². The minimum Gasteiger partial charge on any atom is -0.355 e. The van der Waals surface area contributed by atoms with Gasteiger partial charge in [0.25, 0.3) is 0 Å². The highest BCUT2D eigenvalue weighted by atomic mass is 14.9. The summed E-state index contributed by atoms with van der Waals surface area (Å²) in [7, 11) is 0. The van der Waals surface area contributed by atoms with Gasteiger partial charge in [0.2, 0.25) is 0 Å². The van der Waals surface area contributed by atoms with Gasteiger partial charge in [-0.2, -0.15) is 0 Å². The van der Waals surface area contributed by atoms with E-state index in [0.29, 0.717) is 0 Å². The van der Waals surface area contributed by atoms with Crippen LogP contribution in [0.5, 0.6) is 0 Å². The summed E-state index contributed by atoms with van der Waals surface area (Å²) in [6, 6.07) is 14.6. The third kappa shape index (κ3) is 2.69. The molecule has 1 N–H and O–H groups in total. The molecule has 0 aliphatic carbocycles. The highest BCUT2D eigenvalue weighted by Gasteiger charge is 1.99. The molecule has 1 heteroatoms. The number of allylic oxidation sites excluding steroid dienone is 4. The summed E-state index contributed by atoms with van der Waals surface area (Å²) in [5.41, 5.74) is 2.09. The third-order valence-electron chi connectivity index (χ3n) is 2.76. The summed E-state index contributed by atoms with van der Waals surface area (Å²) in [5.74, 6) is 0. The summed E-state index contributed by atoms with van der Waals surface area (Å²) in [4.78, 5) is 0. The second-order valence-corrected chi connectivity index (χ2v) is 4.00. The van der Waals surface area contributed by atoms with Gasteiger partial charge in [0, 0.05) is 16.8 Å². The summed E-state index contributed by atoms with van der Waals surface area (Å²) in [5, 5.41) is 5.85. The van der Waals surface area contributed by atoms with E-state index in [1.807, 2.05) is 31.2 Å². The molecule has 0 unspecified atom stereocenters. The van der Waals surface area contributed by atoms with Gasteiger partial charge in [-0.25, -0.2) is 0 Å². The lowest BCUT2D eigenvalue weighted by molar-refractivity contribution is 1.50. The first kappa shape index (κ1) is 12.2. The Morgan fingerprint density at radius 2 is 1.89 bits per heavy atom. The quantitative estimate of drug-likeness (QED) is 0.743. The first-order chi connectivity index (χ1) is 8.85. The van der Waals surface area contributed by atoms with Crippen molar-refractivity contribution < 1.29 is 0 Å². The topological polar surface area (TPSA) is 12.0 Å². The van der Waals surface area contributed by atoms with Crippen LogP contribution in [0.4, 0.5) is 5.69 Å². The van der Waals surface area contributed by atoms with Crippen LogP contribution in [0, 0.1) is 0 Å². The molecular weight excluding hydrogens is 218 g/mol. The van der Waals surface area contributed by atoms with Crippen LogP contribution in [0.1, 0.15) is 6.92 Å². The Bertz CT molecular complexity index is 601. The van der Waals surface area contributed by atoms with Crippen molar-refractivity contribution in [3.05, 3.63) is 79.0 Å². The van der Waals surface area contributed by atoms with Crippen LogP contribution in [0.15, 0.2) is 79.0 Å². The van der Waals surface area contributed by atoms with E-state index in [1.165, 1.54) is 10.8 Å². The molecule has 2 aromatic carbocycles. The van der Waals surface area contributed by atoms with Crippen molar-refractivity contribution in [3.63, 3.8) is 0 Å². The number of hydrogen-bond acceptors (Lipinski definition) is 1. The maximum absolute atomic E-state index is 3.83. The molecule has 0 bridgehead atoms. The van der Waals surface area contributed by atoms with E-state index in [-0.39, 0.29) is 0 Å². The van der Waals surface area contributed by atoms with E-state index in [4.69, 9.17) is 0 Å². The van der Waals surface area contributed by atoms with Gasteiger partial charge in [-0.15, -0.1) is 0 Å². The number of rotatable bonds is 4. The Hall–Kier alpha value is -2.28. The lowest BCUT2D eigenvalue weighted by Crippen LogP contribution is -1.96. The Morgan fingerprint density at radius 1 is 1.11 bits per heavy atom. The normalized spacial score (nSPS) is 11.9. The summed E-state index contributed by atoms with van der Waals surface area (Å²) < 4.78 is 0. The largest absolute Gasteiger partial charge is 0.355 e. The number of fused-ring (bicyclic) bond motifs is 1. The van der Waals surface area contributed by atoms with Crippen LogP contribution in [-0.4, -0.2) is 0 Å². The number of anilines is 1. The van der Waals surface area contributed by atoms with Gasteiger partial charge in [0.1, 0.15) is 0 Å². The third-order valence-corrected chi connectivity index (χ3v) is 2.76. The second-order valence-electron chi connectivity index (χ2n) is 4.00. The van der Waals surface area contributed by atoms with Crippen LogP contribution in [-0.2, 0) is 0 Å². The van der Waals surface area contributed by atoms with Gasteiger partial charge in [-0.3, -0.25) is 0 Å². The highest BCUT2D eigenvalue weighted by Crippen LogP contribution is 2.24. The molecule has 2 rings (SSSR count). The molecule has 0 saturated carbocycles. The zero-order valence-corrected chi connectivity index (χ0v) is 10.6. The lowest BCUT2D eigenvalue weighted by atomic mass is 10.1. The fourth-order valence-corrected chi connectivity index (χ4v) is 1.85. The average Bonchev–Trinajstić information content (AvgIpc) is 2.43. The van der Waals surface area contributed by atoms with Gasteiger partial charge >= 0.3 is 0 Å². The molecule has 0 saturated heterocycles. The maximum Gasteiger partial charge on any atom is 0.0463 e. The molecule has 0 heterocycles. The Labute approximate surface area is 108 Å². The van der Waals surface area contributed by atoms with Gasteiger partial charge in [0.05, 0.1) is 0 Å². The standard InChI is InChI=1S/C17H17N/c1-3-5-11-15(4-2)18-17-13-8-10-14-9-6-7-12-16(14)17/h3-13,18H,2H2,1H3/b5-3-,15-11+. The molecule has 0 aliphatic heterocycles. The average molecular weight is 235 g/mol. The SMILES string of the molecule is C=C/C(=C\C=C/C)Nc1cccc2ccccc12. The zero-order chi connectivity index (χ0) is 12.8. The molecule has 18 heavy (non-hydrogen) atoms. The number of hydrogen-bond donors (Lipinski definition) is 1. The first-order valence-corrected chi connectivity index (χ1v) is 6.05. The van der Waals surface area contributed by atoms with Crippen molar-refractivity contribution >= 4 is 16.5 Å². The van der Waals surface area contributed by atoms with E-state index < -0.39 is 0 Å². The van der Waals surface area contributed by atoms with Crippen molar-refractivity contribution in [3.8, 4) is 0 Å². The molecule has 0 spiro atoms. The van der Waals surface area contributed by atoms with Gasteiger partial charge in [0.15, 0.2) is 0 Å². The zero-order valence-electron chi connectivity index (χ0n) is 10.6. The van der Waals surface area contributed by atoms with Gasteiger partial charge < -0.3 is 5.32 Å². The molecular formula is C17H17N. The van der Waals surface area contributed by atoms with Crippen LogP contribution in [0.2, 0.25) is 0 Å². The molecule has 90 valence electrons. The lowest BCUT2D eigenvalue weighted by Gasteiger charge is -2.10. The monoisotopic (exact) mass is 235 g/mol. The van der Waals surface area contributed by atoms with E-state index in [2.05, 4.69) is 54.4 Å². The smallest absolute Gasteiger partial charge is 0.0463 e. The fourth-order valence-electron chi connectivity index (χ4n) is 1.85. The van der Waals surface area contributed by atoms with Crippen LogP contribution in [0.25, 0.3) is 10.8 Å². The summed E-state index contributed by atoms with van der Waals surface area (Å²) in [6.07, 6.45) is 7.82. The molecule has 1 nitrogen and oxygen atoms in total. The first-order valence-electron chi connectivity index (χ1n) is 6.05. The number of nitrogens with one attached hydrogen (secondary N) is 1. The number of benzene rings is 2. The van der Waals surface area contributed by atoms with E-state index in [0.717, 1.165) is 11.4 Å². The van der Waals surface area contributed by atoms with E-state index >= 15 is 0 Å². The maximum atomic E-state index is 3.83. The van der Waals surface area contributed by atoms with Gasteiger partial charge in [-0.05, 0) is 30.5 Å². The predicted octanol–water partition coefficient (Wildman–Crippen LogP) is 4.90. The molecule has 0 aliphatic rings. The fraction of sp³-hybridized carbons (Fsp3) is 0.0588. The van der Waals surface area contributed by atoms with Crippen LogP contribution >= 0.6 is 0 Å². The minimum absolute atomic E-state index is 0.990. The van der Waals surface area contributed by atoms with E-state index in [1.54, 1.807) is 0 Å². The summed E-state index contributed by atoms with van der Waals surface area (Å²) in [6.45, 7) is 5.82. The Morgan fingerprint density at radius 3 is 2.67 bits per heavy atom. The van der Waals surface area contributed by atoms with E-state index in [9.17, 15) is 0 Å². The Kier molecular flexibility index (Phi) is 3.98. The predicted molar refractivity (Wildman–Crippen MR) is 80.7 cm³/mol. The molecule has 2 aromatic rings. The van der Waals surface area contributed by atoms with Gasteiger partial charge in [-0.1, -0.05) is 55.1 Å². The minimum atomic E-state index is 0.990. The molecule has 0 radical (unpaired) electrons.